The molecule has 0 amide bonds. The quantitative estimate of drug-likeness (QED) is 0.270. The second-order valence-electron chi connectivity index (χ2n) is 7.47. The van der Waals surface area contributed by atoms with Crippen LogP contribution in [0.15, 0.2) is 0 Å². The minimum atomic E-state index is -0.807. The molecule has 0 aliphatic carbocycles. The summed E-state index contributed by atoms with van der Waals surface area (Å²) in [5.74, 6) is -0.962. The molecular formula is C21H41NO4. The van der Waals surface area contributed by atoms with E-state index in [1.807, 2.05) is 0 Å². The van der Waals surface area contributed by atoms with Crippen molar-refractivity contribution in [1.29, 1.82) is 0 Å². The topological polar surface area (TPSA) is 66.8 Å². The summed E-state index contributed by atoms with van der Waals surface area (Å²) in [6.07, 6.45) is 15.0. The Morgan fingerprint density at radius 1 is 0.846 bits per heavy atom. The van der Waals surface area contributed by atoms with Gasteiger partial charge in [-0.3, -0.25) is 14.5 Å². The Labute approximate surface area is 160 Å². The molecule has 0 saturated carbocycles. The van der Waals surface area contributed by atoms with Crippen molar-refractivity contribution in [3.63, 3.8) is 0 Å². The summed E-state index contributed by atoms with van der Waals surface area (Å²) in [5.41, 5.74) is 0. The zero-order chi connectivity index (χ0) is 19.6. The number of aliphatic carboxylic acids is 1. The van der Waals surface area contributed by atoms with E-state index in [1.165, 1.54) is 51.4 Å². The fraction of sp³-hybridized carbons (Fsp3) is 0.905. The molecule has 154 valence electrons. The van der Waals surface area contributed by atoms with Gasteiger partial charge in [-0.2, -0.15) is 0 Å². The van der Waals surface area contributed by atoms with E-state index in [9.17, 15) is 9.59 Å². The first-order valence-electron chi connectivity index (χ1n) is 10.5. The Bertz CT molecular complexity index is 358. The van der Waals surface area contributed by atoms with E-state index in [-0.39, 0.29) is 5.97 Å². The van der Waals surface area contributed by atoms with Gasteiger partial charge in [0.15, 0.2) is 0 Å². The minimum Gasteiger partial charge on any atom is -0.480 e. The van der Waals surface area contributed by atoms with Gasteiger partial charge in [-0.05, 0) is 33.4 Å². The molecule has 1 N–H and O–H groups in total. The van der Waals surface area contributed by atoms with E-state index in [1.54, 1.807) is 19.0 Å². The molecule has 0 radical (unpaired) electrons. The van der Waals surface area contributed by atoms with Crippen LogP contribution in [0.4, 0.5) is 0 Å². The van der Waals surface area contributed by atoms with Crippen molar-refractivity contribution in [1.82, 2.24) is 4.90 Å². The number of hydrogen-bond donors (Lipinski definition) is 1. The van der Waals surface area contributed by atoms with Gasteiger partial charge in [-0.25, -0.2) is 0 Å². The molecule has 1 unspecified atom stereocenters. The largest absolute Gasteiger partial charge is 0.480 e. The number of carbonyl (C=O) groups is 2. The summed E-state index contributed by atoms with van der Waals surface area (Å²) < 4.78 is 5.25. The zero-order valence-electron chi connectivity index (χ0n) is 17.3. The van der Waals surface area contributed by atoms with E-state index in [4.69, 9.17) is 9.84 Å². The van der Waals surface area contributed by atoms with E-state index < -0.39 is 12.0 Å². The zero-order valence-corrected chi connectivity index (χ0v) is 17.3. The van der Waals surface area contributed by atoms with Crippen LogP contribution in [0.5, 0.6) is 0 Å². The number of esters is 1. The number of likely N-dealkylation sites (N-methyl/N-ethyl adjacent to an activating group) is 1. The van der Waals surface area contributed by atoms with Crippen LogP contribution in [-0.2, 0) is 14.3 Å². The Morgan fingerprint density at radius 2 is 1.38 bits per heavy atom. The van der Waals surface area contributed by atoms with Crippen LogP contribution in [0.1, 0.15) is 96.8 Å². The number of carboxylic acids is 1. The van der Waals surface area contributed by atoms with Crippen molar-refractivity contribution >= 4 is 11.9 Å². The molecule has 0 rings (SSSR count). The summed E-state index contributed by atoms with van der Waals surface area (Å²) in [7, 11) is 3.53. The third-order valence-corrected chi connectivity index (χ3v) is 4.78. The predicted molar refractivity (Wildman–Crippen MR) is 106 cm³/mol. The Morgan fingerprint density at radius 3 is 1.88 bits per heavy atom. The fourth-order valence-electron chi connectivity index (χ4n) is 3.06. The van der Waals surface area contributed by atoms with Gasteiger partial charge in [-0.15, -0.1) is 0 Å². The molecule has 0 aliphatic heterocycles. The van der Waals surface area contributed by atoms with Gasteiger partial charge >= 0.3 is 11.9 Å². The number of carboxylic acid groups (broad SMARTS) is 1. The molecule has 5 heteroatoms. The highest BCUT2D eigenvalue weighted by Gasteiger charge is 2.19. The Balaban J connectivity index is 3.40. The van der Waals surface area contributed by atoms with Crippen LogP contribution < -0.4 is 0 Å². The lowest BCUT2D eigenvalue weighted by Gasteiger charge is -2.19. The van der Waals surface area contributed by atoms with Gasteiger partial charge in [0.25, 0.3) is 0 Å². The maximum absolute atomic E-state index is 11.7. The average molecular weight is 372 g/mol. The number of rotatable bonds is 18. The fourth-order valence-corrected chi connectivity index (χ4v) is 3.06. The van der Waals surface area contributed by atoms with Gasteiger partial charge in [0.05, 0.1) is 6.61 Å². The molecule has 0 spiro atoms. The number of nitrogens with zero attached hydrogens (tertiary/aromatic N) is 1. The van der Waals surface area contributed by atoms with Crippen LogP contribution in [0, 0.1) is 0 Å². The van der Waals surface area contributed by atoms with Gasteiger partial charge in [-0.1, -0.05) is 71.1 Å². The van der Waals surface area contributed by atoms with Crippen LogP contribution >= 0.6 is 0 Å². The van der Waals surface area contributed by atoms with Crippen molar-refractivity contribution in [2.75, 3.05) is 20.7 Å². The molecule has 0 aromatic carbocycles. The van der Waals surface area contributed by atoms with Crippen molar-refractivity contribution in [3.05, 3.63) is 0 Å². The summed E-state index contributed by atoms with van der Waals surface area (Å²) in [6.45, 7) is 2.76. The highest BCUT2D eigenvalue weighted by atomic mass is 16.5. The average Bonchev–Trinajstić information content (AvgIpc) is 2.58. The standard InChI is InChI=1S/C21H41NO4/c1-4-5-6-7-8-9-10-11-12-15-18-26-20(23)17-14-13-16-19(21(24)25)22(2)3/h19H,4-18H2,1-3H3,(H,24,25). The molecular weight excluding hydrogens is 330 g/mol. The number of ether oxygens (including phenoxy) is 1. The van der Waals surface area contributed by atoms with Crippen LogP contribution in [-0.4, -0.2) is 48.7 Å². The maximum Gasteiger partial charge on any atom is 0.320 e. The maximum atomic E-state index is 11.7. The molecule has 0 aromatic rings. The van der Waals surface area contributed by atoms with Crippen LogP contribution in [0.25, 0.3) is 0 Å². The molecule has 0 heterocycles. The van der Waals surface area contributed by atoms with Crippen molar-refractivity contribution in [3.8, 4) is 0 Å². The first-order chi connectivity index (χ1) is 12.5. The highest BCUT2D eigenvalue weighted by Crippen LogP contribution is 2.11. The first-order valence-corrected chi connectivity index (χ1v) is 10.5. The summed E-state index contributed by atoms with van der Waals surface area (Å²) in [5, 5.41) is 9.09. The number of carbonyl (C=O) groups excluding carboxylic acids is 1. The van der Waals surface area contributed by atoms with Crippen molar-refractivity contribution in [2.24, 2.45) is 0 Å². The van der Waals surface area contributed by atoms with Crippen molar-refractivity contribution in [2.45, 2.75) is 103 Å². The Kier molecular flexibility index (Phi) is 16.6. The summed E-state index contributed by atoms with van der Waals surface area (Å²) in [4.78, 5) is 24.4. The molecule has 0 bridgehead atoms. The highest BCUT2D eigenvalue weighted by molar-refractivity contribution is 5.73. The smallest absolute Gasteiger partial charge is 0.320 e. The Hall–Kier alpha value is -1.10. The molecule has 5 nitrogen and oxygen atoms in total. The number of hydrogen-bond acceptors (Lipinski definition) is 4. The van der Waals surface area contributed by atoms with Crippen LogP contribution in [0.3, 0.4) is 0 Å². The SMILES string of the molecule is CCCCCCCCCCCCOC(=O)CCCCC(C(=O)O)N(C)C. The summed E-state index contributed by atoms with van der Waals surface area (Å²) in [6, 6.07) is -0.474. The second kappa shape index (κ2) is 17.3. The molecule has 0 aromatic heterocycles. The lowest BCUT2D eigenvalue weighted by molar-refractivity contribution is -0.143. The summed E-state index contributed by atoms with van der Waals surface area (Å²) >= 11 is 0. The van der Waals surface area contributed by atoms with Gasteiger partial charge in [0, 0.05) is 6.42 Å². The van der Waals surface area contributed by atoms with E-state index in [2.05, 4.69) is 6.92 Å². The van der Waals surface area contributed by atoms with Gasteiger partial charge in [0.1, 0.15) is 6.04 Å². The predicted octanol–water partition coefficient (Wildman–Crippen LogP) is 5.03. The van der Waals surface area contributed by atoms with Crippen molar-refractivity contribution < 1.29 is 19.4 Å². The third-order valence-electron chi connectivity index (χ3n) is 4.78. The van der Waals surface area contributed by atoms with E-state index in [0.29, 0.717) is 25.9 Å². The minimum absolute atomic E-state index is 0.155. The molecule has 1 atom stereocenters. The molecule has 0 aliphatic rings. The lowest BCUT2D eigenvalue weighted by atomic mass is 10.1. The lowest BCUT2D eigenvalue weighted by Crippen LogP contribution is -2.35. The van der Waals surface area contributed by atoms with Gasteiger partial charge < -0.3 is 9.84 Å². The number of unbranched alkanes of at least 4 members (excludes halogenated alkanes) is 10. The van der Waals surface area contributed by atoms with E-state index in [0.717, 1.165) is 19.3 Å². The second-order valence-corrected chi connectivity index (χ2v) is 7.47. The first kappa shape index (κ1) is 24.9. The molecule has 0 fully saturated rings. The molecule has 0 saturated heterocycles. The van der Waals surface area contributed by atoms with Crippen LogP contribution in [0.2, 0.25) is 0 Å². The van der Waals surface area contributed by atoms with E-state index >= 15 is 0 Å². The third kappa shape index (κ3) is 15.2. The normalized spacial score (nSPS) is 12.3. The van der Waals surface area contributed by atoms with Gasteiger partial charge in [0.2, 0.25) is 0 Å². The monoisotopic (exact) mass is 371 g/mol. The molecule has 26 heavy (non-hydrogen) atoms.